The Hall–Kier alpha value is -0.830. The summed E-state index contributed by atoms with van der Waals surface area (Å²) in [6.45, 7) is 14.7. The maximum Gasteiger partial charge on any atom is 0.0640 e. The molecule has 1 unspecified atom stereocenters. The predicted molar refractivity (Wildman–Crippen MR) is 91.7 cm³/mol. The van der Waals surface area contributed by atoms with Crippen LogP contribution in [0.3, 0.4) is 0 Å². The van der Waals surface area contributed by atoms with Crippen LogP contribution in [0.15, 0.2) is 12.3 Å². The monoisotopic (exact) mass is 293 g/mol. The highest BCUT2D eigenvalue weighted by atomic mass is 15.3. The molecule has 3 heteroatoms. The van der Waals surface area contributed by atoms with Crippen molar-refractivity contribution >= 4 is 0 Å². The summed E-state index contributed by atoms with van der Waals surface area (Å²) in [5.74, 6) is 0. The van der Waals surface area contributed by atoms with Gasteiger partial charge in [0.15, 0.2) is 0 Å². The Balaban J connectivity index is 2.69. The summed E-state index contributed by atoms with van der Waals surface area (Å²) in [5.41, 5.74) is 1.57. The average molecular weight is 293 g/mol. The summed E-state index contributed by atoms with van der Waals surface area (Å²) in [5, 5.41) is 8.50. The molecule has 1 atom stereocenters. The Morgan fingerprint density at radius 1 is 1.19 bits per heavy atom. The molecular formula is C18H35N3. The van der Waals surface area contributed by atoms with Crippen LogP contribution in [0.4, 0.5) is 0 Å². The van der Waals surface area contributed by atoms with Crippen molar-refractivity contribution < 1.29 is 0 Å². The largest absolute Gasteiger partial charge is 0.314 e. The van der Waals surface area contributed by atoms with E-state index in [0.29, 0.717) is 17.5 Å². The van der Waals surface area contributed by atoms with Gasteiger partial charge in [0.05, 0.1) is 11.7 Å². The van der Waals surface area contributed by atoms with E-state index in [4.69, 9.17) is 5.10 Å². The second kappa shape index (κ2) is 8.57. The van der Waals surface area contributed by atoms with Crippen LogP contribution in [-0.2, 0) is 6.42 Å². The van der Waals surface area contributed by atoms with Crippen LogP contribution in [0.5, 0.6) is 0 Å². The Labute approximate surface area is 131 Å². The van der Waals surface area contributed by atoms with E-state index in [1.165, 1.54) is 18.5 Å². The number of rotatable bonds is 9. The fourth-order valence-electron chi connectivity index (χ4n) is 2.91. The maximum absolute atomic E-state index is 4.81. The van der Waals surface area contributed by atoms with Gasteiger partial charge < -0.3 is 5.32 Å². The molecule has 1 heterocycles. The van der Waals surface area contributed by atoms with Gasteiger partial charge in [-0.3, -0.25) is 4.68 Å². The summed E-state index contributed by atoms with van der Waals surface area (Å²) in [6.07, 6.45) is 7.85. The molecule has 1 N–H and O–H groups in total. The third kappa shape index (κ3) is 6.64. The number of hydrogen-bond acceptors (Lipinski definition) is 2. The van der Waals surface area contributed by atoms with Crippen molar-refractivity contribution in [2.24, 2.45) is 5.41 Å². The number of hydrogen-bond donors (Lipinski definition) is 1. The van der Waals surface area contributed by atoms with Gasteiger partial charge in [-0.1, -0.05) is 41.5 Å². The van der Waals surface area contributed by atoms with E-state index >= 15 is 0 Å². The first-order valence-electron chi connectivity index (χ1n) is 8.67. The lowest BCUT2D eigenvalue weighted by atomic mass is 9.86. The topological polar surface area (TPSA) is 29.9 Å². The molecule has 0 aliphatic carbocycles. The third-order valence-corrected chi connectivity index (χ3v) is 3.98. The van der Waals surface area contributed by atoms with E-state index in [9.17, 15) is 0 Å². The number of aromatic nitrogens is 2. The maximum atomic E-state index is 4.81. The smallest absolute Gasteiger partial charge is 0.0640 e. The first kappa shape index (κ1) is 18.2. The normalized spacial score (nSPS) is 13.9. The van der Waals surface area contributed by atoms with E-state index in [2.05, 4.69) is 63.8 Å². The van der Waals surface area contributed by atoms with Crippen molar-refractivity contribution in [2.75, 3.05) is 6.54 Å². The van der Waals surface area contributed by atoms with E-state index < -0.39 is 0 Å². The highest BCUT2D eigenvalue weighted by Crippen LogP contribution is 2.23. The lowest BCUT2D eigenvalue weighted by Crippen LogP contribution is -2.35. The van der Waals surface area contributed by atoms with Gasteiger partial charge in [-0.25, -0.2) is 0 Å². The van der Waals surface area contributed by atoms with Gasteiger partial charge in [0.2, 0.25) is 0 Å². The lowest BCUT2D eigenvalue weighted by molar-refractivity contribution is 0.304. The van der Waals surface area contributed by atoms with E-state index in [1.54, 1.807) is 0 Å². The second-order valence-corrected chi connectivity index (χ2v) is 7.38. The number of nitrogens with zero attached hydrogens (tertiary/aromatic N) is 2. The van der Waals surface area contributed by atoms with Crippen LogP contribution in [0, 0.1) is 5.41 Å². The minimum absolute atomic E-state index is 0.351. The minimum atomic E-state index is 0.351. The first-order valence-corrected chi connectivity index (χ1v) is 8.67. The fraction of sp³-hybridized carbons (Fsp3) is 0.833. The molecule has 21 heavy (non-hydrogen) atoms. The summed E-state index contributed by atoms with van der Waals surface area (Å²) in [6, 6.07) is 3.26. The van der Waals surface area contributed by atoms with Gasteiger partial charge in [0.1, 0.15) is 0 Å². The SMILES string of the molecule is CCCNC(Cc1ccn(C(CC)CC)n1)CC(C)(C)C. The zero-order valence-electron chi connectivity index (χ0n) is 14.9. The van der Waals surface area contributed by atoms with Crippen LogP contribution in [0.2, 0.25) is 0 Å². The molecule has 0 bridgehead atoms. The van der Waals surface area contributed by atoms with Crippen molar-refractivity contribution in [2.45, 2.75) is 85.7 Å². The van der Waals surface area contributed by atoms with Crippen LogP contribution < -0.4 is 5.32 Å². The molecule has 0 aromatic carbocycles. The van der Waals surface area contributed by atoms with Crippen molar-refractivity contribution in [3.8, 4) is 0 Å². The van der Waals surface area contributed by atoms with Crippen molar-refractivity contribution in [1.82, 2.24) is 15.1 Å². The molecule has 1 aromatic rings. The van der Waals surface area contributed by atoms with Crippen LogP contribution in [-0.4, -0.2) is 22.4 Å². The zero-order chi connectivity index (χ0) is 15.9. The highest BCUT2D eigenvalue weighted by molar-refractivity contribution is 5.03. The first-order chi connectivity index (χ1) is 9.89. The summed E-state index contributed by atoms with van der Waals surface area (Å²) in [4.78, 5) is 0. The molecule has 0 fully saturated rings. The van der Waals surface area contributed by atoms with Crippen molar-refractivity contribution in [1.29, 1.82) is 0 Å². The van der Waals surface area contributed by atoms with Crippen LogP contribution >= 0.6 is 0 Å². The summed E-state index contributed by atoms with van der Waals surface area (Å²) >= 11 is 0. The standard InChI is InChI=1S/C18H35N3/c1-7-11-19-16(14-18(4,5)6)13-15-10-12-21(20-15)17(8-2)9-3/h10,12,16-17,19H,7-9,11,13-14H2,1-6H3. The Kier molecular flexibility index (Phi) is 7.44. The van der Waals surface area contributed by atoms with Gasteiger partial charge in [-0.15, -0.1) is 0 Å². The Morgan fingerprint density at radius 3 is 2.38 bits per heavy atom. The highest BCUT2D eigenvalue weighted by Gasteiger charge is 2.19. The van der Waals surface area contributed by atoms with Crippen molar-refractivity contribution in [3.63, 3.8) is 0 Å². The summed E-state index contributed by atoms with van der Waals surface area (Å²) < 4.78 is 2.16. The third-order valence-electron chi connectivity index (χ3n) is 3.98. The molecule has 0 radical (unpaired) electrons. The molecule has 0 amide bonds. The molecule has 0 saturated heterocycles. The quantitative estimate of drug-likeness (QED) is 0.721. The minimum Gasteiger partial charge on any atom is -0.314 e. The van der Waals surface area contributed by atoms with Gasteiger partial charge >= 0.3 is 0 Å². The second-order valence-electron chi connectivity index (χ2n) is 7.38. The molecule has 0 saturated carbocycles. The van der Waals surface area contributed by atoms with E-state index in [-0.39, 0.29) is 0 Å². The van der Waals surface area contributed by atoms with Gasteiger partial charge in [0, 0.05) is 18.7 Å². The molecule has 0 aliphatic heterocycles. The molecule has 0 aliphatic rings. The molecular weight excluding hydrogens is 258 g/mol. The average Bonchev–Trinajstić information content (AvgIpc) is 2.84. The van der Waals surface area contributed by atoms with Crippen LogP contribution in [0.25, 0.3) is 0 Å². The molecule has 3 nitrogen and oxygen atoms in total. The van der Waals surface area contributed by atoms with Gasteiger partial charge in [-0.2, -0.15) is 5.10 Å². The molecule has 122 valence electrons. The Bertz CT molecular complexity index is 385. The molecule has 1 rings (SSSR count). The lowest BCUT2D eigenvalue weighted by Gasteiger charge is -2.26. The fourth-order valence-corrected chi connectivity index (χ4v) is 2.91. The Morgan fingerprint density at radius 2 is 1.86 bits per heavy atom. The predicted octanol–water partition coefficient (Wildman–Crippen LogP) is 4.59. The van der Waals surface area contributed by atoms with Crippen LogP contribution in [0.1, 0.15) is 79.0 Å². The van der Waals surface area contributed by atoms with Gasteiger partial charge in [0.25, 0.3) is 0 Å². The molecule has 1 aromatic heterocycles. The molecule has 0 spiro atoms. The van der Waals surface area contributed by atoms with E-state index in [0.717, 1.165) is 25.8 Å². The zero-order valence-corrected chi connectivity index (χ0v) is 14.9. The van der Waals surface area contributed by atoms with Gasteiger partial charge in [-0.05, 0) is 43.7 Å². The number of nitrogens with one attached hydrogen (secondary N) is 1. The van der Waals surface area contributed by atoms with Crippen molar-refractivity contribution in [3.05, 3.63) is 18.0 Å². The summed E-state index contributed by atoms with van der Waals surface area (Å²) in [7, 11) is 0. The van der Waals surface area contributed by atoms with E-state index in [1.807, 2.05) is 0 Å².